The molecule has 1 heterocycles. The van der Waals surface area contributed by atoms with E-state index in [4.69, 9.17) is 27.7 Å². The van der Waals surface area contributed by atoms with E-state index in [2.05, 4.69) is 5.16 Å². The molecule has 0 spiro atoms. The van der Waals surface area contributed by atoms with E-state index in [1.807, 2.05) is 0 Å². The minimum atomic E-state index is -1.37. The molecular weight excluding hydrogens is 265 g/mol. The van der Waals surface area contributed by atoms with Gasteiger partial charge in [-0.05, 0) is 13.0 Å². The van der Waals surface area contributed by atoms with Crippen molar-refractivity contribution < 1.29 is 14.4 Å². The molecule has 0 amide bonds. The summed E-state index contributed by atoms with van der Waals surface area (Å²) in [5.41, 5.74) is 0.807. The molecule has 0 aliphatic rings. The lowest BCUT2D eigenvalue weighted by atomic mass is 10.1. The first-order valence-corrected chi connectivity index (χ1v) is 5.39. The smallest absolute Gasteiger partial charge is 0.170 e. The van der Waals surface area contributed by atoms with Gasteiger partial charge in [0.25, 0.3) is 0 Å². The Hall–Kier alpha value is -1.52. The number of benzene rings is 1. The van der Waals surface area contributed by atoms with Crippen LogP contribution in [-0.4, -0.2) is 11.1 Å². The largest absolute Gasteiger partial charge is 0.545 e. The van der Waals surface area contributed by atoms with E-state index in [1.54, 1.807) is 13.0 Å². The molecule has 0 bridgehead atoms. The molecule has 0 fully saturated rings. The van der Waals surface area contributed by atoms with Gasteiger partial charge in [0.15, 0.2) is 5.76 Å². The zero-order valence-electron chi connectivity index (χ0n) is 8.66. The number of carboxylic acids is 1. The lowest BCUT2D eigenvalue weighted by Crippen LogP contribution is -2.22. The van der Waals surface area contributed by atoms with Crippen molar-refractivity contribution in [2.45, 2.75) is 6.92 Å². The zero-order valence-corrected chi connectivity index (χ0v) is 10.2. The number of aryl methyl sites for hydroxylation is 1. The topological polar surface area (TPSA) is 66.2 Å². The third-order valence-corrected chi connectivity index (χ3v) is 2.89. The van der Waals surface area contributed by atoms with Gasteiger partial charge in [0.05, 0.1) is 27.3 Å². The van der Waals surface area contributed by atoms with Crippen LogP contribution in [0.15, 0.2) is 22.7 Å². The number of rotatable bonds is 2. The predicted molar refractivity (Wildman–Crippen MR) is 61.0 cm³/mol. The number of carboxylic acid groups (broad SMARTS) is 1. The van der Waals surface area contributed by atoms with Gasteiger partial charge in [0, 0.05) is 11.6 Å². The summed E-state index contributed by atoms with van der Waals surface area (Å²) in [7, 11) is 0. The third kappa shape index (κ3) is 2.14. The number of aromatic carboxylic acids is 1. The molecule has 2 aromatic rings. The van der Waals surface area contributed by atoms with Crippen molar-refractivity contribution >= 4 is 29.2 Å². The molecular formula is C11H6Cl2NO3-. The molecule has 0 atom stereocenters. The van der Waals surface area contributed by atoms with Crippen molar-refractivity contribution in [2.24, 2.45) is 0 Å². The van der Waals surface area contributed by atoms with E-state index in [9.17, 15) is 9.90 Å². The minimum Gasteiger partial charge on any atom is -0.545 e. The maximum atomic E-state index is 10.8. The molecule has 0 aliphatic heterocycles. The Labute approximate surface area is 107 Å². The van der Waals surface area contributed by atoms with Crippen LogP contribution in [0.25, 0.3) is 11.3 Å². The summed E-state index contributed by atoms with van der Waals surface area (Å²) in [4.78, 5) is 10.8. The van der Waals surface area contributed by atoms with Crippen molar-refractivity contribution in [2.75, 3.05) is 0 Å². The summed E-state index contributed by atoms with van der Waals surface area (Å²) in [6, 6.07) is 4.32. The number of carbonyl (C=O) groups is 1. The first-order valence-electron chi connectivity index (χ1n) is 4.63. The summed E-state index contributed by atoms with van der Waals surface area (Å²) in [6.07, 6.45) is 0. The van der Waals surface area contributed by atoms with Gasteiger partial charge in [-0.1, -0.05) is 34.4 Å². The fourth-order valence-electron chi connectivity index (χ4n) is 1.42. The van der Waals surface area contributed by atoms with E-state index in [1.165, 1.54) is 12.1 Å². The zero-order chi connectivity index (χ0) is 12.6. The molecule has 1 aromatic carbocycles. The average molecular weight is 271 g/mol. The first kappa shape index (κ1) is 12.0. The van der Waals surface area contributed by atoms with E-state index >= 15 is 0 Å². The lowest BCUT2D eigenvalue weighted by molar-refractivity contribution is -0.255. The molecule has 0 N–H and O–H groups in total. The lowest BCUT2D eigenvalue weighted by Gasteiger charge is -2.09. The second-order valence-electron chi connectivity index (χ2n) is 3.40. The van der Waals surface area contributed by atoms with E-state index in [0.717, 1.165) is 0 Å². The molecule has 0 aliphatic carbocycles. The number of hydrogen-bond acceptors (Lipinski definition) is 4. The summed E-state index contributed by atoms with van der Waals surface area (Å²) in [5, 5.41) is 14.8. The molecule has 6 heteroatoms. The standard InChI is InChI=1S/C11H7Cl2NO3/c1-5-4-8(17-14-5)9-7(12)3-2-6(10(9)13)11(15)16/h2-4H,1H3,(H,15,16)/p-1. The van der Waals surface area contributed by atoms with E-state index in [0.29, 0.717) is 17.0 Å². The van der Waals surface area contributed by atoms with Crippen LogP contribution >= 0.6 is 23.2 Å². The SMILES string of the molecule is Cc1cc(-c2c(Cl)ccc(C(=O)[O-])c2Cl)on1. The van der Waals surface area contributed by atoms with Gasteiger partial charge in [-0.3, -0.25) is 0 Å². The number of aromatic nitrogens is 1. The van der Waals surface area contributed by atoms with Crippen molar-refractivity contribution in [3.05, 3.63) is 39.5 Å². The van der Waals surface area contributed by atoms with E-state index < -0.39 is 5.97 Å². The normalized spacial score (nSPS) is 10.5. The molecule has 0 unspecified atom stereocenters. The van der Waals surface area contributed by atoms with Gasteiger partial charge in [-0.25, -0.2) is 0 Å². The summed E-state index contributed by atoms with van der Waals surface area (Å²) in [5.74, 6) is -1.05. The van der Waals surface area contributed by atoms with Crippen LogP contribution in [0.4, 0.5) is 0 Å². The Morgan fingerprint density at radius 2 is 2.12 bits per heavy atom. The first-order chi connectivity index (χ1) is 8.00. The fraction of sp³-hybridized carbons (Fsp3) is 0.0909. The van der Waals surface area contributed by atoms with Gasteiger partial charge in [0.1, 0.15) is 0 Å². The highest BCUT2D eigenvalue weighted by atomic mass is 35.5. The molecule has 4 nitrogen and oxygen atoms in total. The highest BCUT2D eigenvalue weighted by Crippen LogP contribution is 2.37. The van der Waals surface area contributed by atoms with Gasteiger partial charge >= 0.3 is 0 Å². The Kier molecular flexibility index (Phi) is 3.09. The van der Waals surface area contributed by atoms with E-state index in [-0.39, 0.29) is 15.6 Å². The second kappa shape index (κ2) is 4.39. The summed E-state index contributed by atoms with van der Waals surface area (Å²) >= 11 is 11.9. The highest BCUT2D eigenvalue weighted by Gasteiger charge is 2.16. The maximum absolute atomic E-state index is 10.8. The Bertz CT molecular complexity index is 592. The number of carbonyl (C=O) groups excluding carboxylic acids is 1. The fourth-order valence-corrected chi connectivity index (χ4v) is 2.05. The average Bonchev–Trinajstić information content (AvgIpc) is 2.64. The predicted octanol–water partition coefficient (Wildman–Crippen LogP) is 2.32. The van der Waals surface area contributed by atoms with Crippen LogP contribution in [0.1, 0.15) is 16.1 Å². The van der Waals surface area contributed by atoms with Crippen LogP contribution in [0.5, 0.6) is 0 Å². The number of halogens is 2. The third-order valence-electron chi connectivity index (χ3n) is 2.19. The van der Waals surface area contributed by atoms with Crippen LogP contribution in [0, 0.1) is 6.92 Å². The molecule has 0 radical (unpaired) electrons. The van der Waals surface area contributed by atoms with Gasteiger partial charge < -0.3 is 14.4 Å². The molecule has 0 saturated carbocycles. The molecule has 2 rings (SSSR count). The molecule has 1 aromatic heterocycles. The van der Waals surface area contributed by atoms with Crippen LogP contribution in [-0.2, 0) is 0 Å². The van der Waals surface area contributed by atoms with Crippen LogP contribution < -0.4 is 5.11 Å². The second-order valence-corrected chi connectivity index (χ2v) is 4.19. The van der Waals surface area contributed by atoms with Crippen molar-refractivity contribution in [3.63, 3.8) is 0 Å². The van der Waals surface area contributed by atoms with Crippen LogP contribution in [0.3, 0.4) is 0 Å². The van der Waals surface area contributed by atoms with Crippen molar-refractivity contribution in [1.82, 2.24) is 5.16 Å². The van der Waals surface area contributed by atoms with Gasteiger partial charge in [0.2, 0.25) is 0 Å². The minimum absolute atomic E-state index is 0.0198. The number of nitrogens with zero attached hydrogens (tertiary/aromatic N) is 1. The van der Waals surface area contributed by atoms with Crippen LogP contribution in [0.2, 0.25) is 10.0 Å². The molecule has 88 valence electrons. The Morgan fingerprint density at radius 3 is 2.65 bits per heavy atom. The van der Waals surface area contributed by atoms with Gasteiger partial charge in [-0.2, -0.15) is 0 Å². The summed E-state index contributed by atoms with van der Waals surface area (Å²) < 4.78 is 5.01. The number of hydrogen-bond donors (Lipinski definition) is 0. The molecule has 0 saturated heterocycles. The van der Waals surface area contributed by atoms with Crippen molar-refractivity contribution in [3.8, 4) is 11.3 Å². The monoisotopic (exact) mass is 270 g/mol. The molecule has 17 heavy (non-hydrogen) atoms. The Morgan fingerprint density at radius 1 is 1.41 bits per heavy atom. The quantitative estimate of drug-likeness (QED) is 0.840. The maximum Gasteiger partial charge on any atom is 0.170 e. The Balaban J connectivity index is 2.68. The van der Waals surface area contributed by atoms with Gasteiger partial charge in [-0.15, -0.1) is 0 Å². The summed E-state index contributed by atoms with van der Waals surface area (Å²) in [6.45, 7) is 1.73. The highest BCUT2D eigenvalue weighted by molar-refractivity contribution is 6.40. The van der Waals surface area contributed by atoms with Crippen molar-refractivity contribution in [1.29, 1.82) is 0 Å².